The zero-order valence-electron chi connectivity index (χ0n) is 13.1. The Kier molecular flexibility index (Phi) is 5.68. The first-order chi connectivity index (χ1) is 10.9. The molecule has 0 amide bonds. The van der Waals surface area contributed by atoms with E-state index in [4.69, 9.17) is 25.0 Å². The molecule has 1 fully saturated rings. The highest BCUT2D eigenvalue weighted by atomic mass is 17.2. The Hall–Kier alpha value is -1.56. The van der Waals surface area contributed by atoms with Crippen molar-refractivity contribution < 1.29 is 29.5 Å². The molecule has 0 saturated carbocycles. The summed E-state index contributed by atoms with van der Waals surface area (Å²) in [7, 11) is 1.42. The van der Waals surface area contributed by atoms with Gasteiger partial charge in [0.05, 0.1) is 6.61 Å². The summed E-state index contributed by atoms with van der Waals surface area (Å²) in [5, 5.41) is 19.5. The van der Waals surface area contributed by atoms with Crippen LogP contribution in [0, 0.1) is 6.92 Å². The molecule has 4 N–H and O–H groups in total. The normalized spacial score (nSPS) is 28.9. The van der Waals surface area contributed by atoms with Crippen LogP contribution in [0.1, 0.15) is 18.7 Å². The minimum Gasteiger partial charge on any atom is -0.394 e. The highest BCUT2D eigenvalue weighted by molar-refractivity contribution is 5.35. The zero-order valence-corrected chi connectivity index (χ0v) is 13.1. The lowest BCUT2D eigenvalue weighted by Crippen LogP contribution is -2.39. The number of anilines is 1. The van der Waals surface area contributed by atoms with Gasteiger partial charge in [0.1, 0.15) is 18.0 Å². The topological polar surface area (TPSA) is 138 Å². The van der Waals surface area contributed by atoms with Gasteiger partial charge in [0.15, 0.2) is 18.6 Å². The van der Waals surface area contributed by atoms with E-state index < -0.39 is 43.1 Å². The van der Waals surface area contributed by atoms with E-state index in [-0.39, 0.29) is 5.82 Å². The van der Waals surface area contributed by atoms with E-state index in [9.17, 15) is 15.0 Å². The van der Waals surface area contributed by atoms with E-state index in [2.05, 4.69) is 4.98 Å². The van der Waals surface area contributed by atoms with Crippen molar-refractivity contribution in [1.82, 2.24) is 9.55 Å². The minimum atomic E-state index is -1.21. The fourth-order valence-corrected chi connectivity index (χ4v) is 2.14. The van der Waals surface area contributed by atoms with E-state index in [1.807, 2.05) is 0 Å². The molecule has 1 aliphatic rings. The number of hydrogen-bond acceptors (Lipinski definition) is 9. The van der Waals surface area contributed by atoms with Gasteiger partial charge in [0.2, 0.25) is 0 Å². The van der Waals surface area contributed by atoms with E-state index in [1.54, 1.807) is 13.8 Å². The van der Waals surface area contributed by atoms with Crippen LogP contribution < -0.4 is 11.4 Å². The molecule has 10 heteroatoms. The number of methoxy groups -OCH3 is 1. The van der Waals surface area contributed by atoms with E-state index in [0.717, 1.165) is 4.57 Å². The van der Waals surface area contributed by atoms with Gasteiger partial charge in [-0.1, -0.05) is 0 Å². The third-order valence-electron chi connectivity index (χ3n) is 3.57. The molecule has 2 rings (SSSR count). The summed E-state index contributed by atoms with van der Waals surface area (Å²) in [6.07, 6.45) is -3.50. The molecule has 1 unspecified atom stereocenters. The third kappa shape index (κ3) is 3.68. The standard InChI is InChI=1S/C13H21N3O7/c1-6-4-16(13(19)15-11(6)14)12-10(23-22-7(2)20-3)9(18)8(5-17)21-12/h4,7-10,12,17-18H,5H2,1-3H3,(H2,14,15,19)/t7?,8-,9-,10-,12-/m1/s1. The Labute approximate surface area is 132 Å². The number of aliphatic hydroxyl groups excluding tert-OH is 2. The molecule has 0 aromatic carbocycles. The first-order valence-electron chi connectivity index (χ1n) is 7.03. The average Bonchev–Trinajstić information content (AvgIpc) is 2.84. The van der Waals surface area contributed by atoms with Gasteiger partial charge < -0.3 is 25.4 Å². The van der Waals surface area contributed by atoms with Crippen molar-refractivity contribution in [2.45, 2.75) is 44.7 Å². The highest BCUT2D eigenvalue weighted by Crippen LogP contribution is 2.31. The molecule has 0 spiro atoms. The number of nitrogens with two attached hydrogens (primary N) is 1. The third-order valence-corrected chi connectivity index (χ3v) is 3.57. The fraction of sp³-hybridized carbons (Fsp3) is 0.692. The van der Waals surface area contributed by atoms with Gasteiger partial charge in [0.25, 0.3) is 0 Å². The van der Waals surface area contributed by atoms with Gasteiger partial charge in [-0.15, -0.1) is 0 Å². The number of rotatable bonds is 6. The van der Waals surface area contributed by atoms with Crippen molar-refractivity contribution in [3.8, 4) is 0 Å². The maximum Gasteiger partial charge on any atom is 0.351 e. The lowest BCUT2D eigenvalue weighted by atomic mass is 10.1. The van der Waals surface area contributed by atoms with Crippen LogP contribution >= 0.6 is 0 Å². The maximum atomic E-state index is 12.0. The van der Waals surface area contributed by atoms with E-state index >= 15 is 0 Å². The van der Waals surface area contributed by atoms with E-state index in [0.29, 0.717) is 5.56 Å². The molecule has 2 heterocycles. The molecule has 0 bridgehead atoms. The largest absolute Gasteiger partial charge is 0.394 e. The molecule has 5 atom stereocenters. The summed E-state index contributed by atoms with van der Waals surface area (Å²) in [5.41, 5.74) is 5.48. The van der Waals surface area contributed by atoms with Crippen LogP contribution in [0.2, 0.25) is 0 Å². The van der Waals surface area contributed by atoms with Crippen molar-refractivity contribution in [2.75, 3.05) is 19.5 Å². The second kappa shape index (κ2) is 7.34. The summed E-state index contributed by atoms with van der Waals surface area (Å²) in [5.74, 6) is 0.102. The van der Waals surface area contributed by atoms with Crippen LogP contribution in [-0.4, -0.2) is 58.1 Å². The number of hydrogen-bond donors (Lipinski definition) is 3. The van der Waals surface area contributed by atoms with Gasteiger partial charge in [-0.2, -0.15) is 4.98 Å². The number of aryl methyl sites for hydroxylation is 1. The Morgan fingerprint density at radius 1 is 1.57 bits per heavy atom. The Morgan fingerprint density at radius 2 is 2.26 bits per heavy atom. The first kappa shape index (κ1) is 17.8. The van der Waals surface area contributed by atoms with Gasteiger partial charge in [0, 0.05) is 18.9 Å². The Balaban J connectivity index is 2.30. The van der Waals surface area contributed by atoms with Crippen molar-refractivity contribution in [2.24, 2.45) is 0 Å². The van der Waals surface area contributed by atoms with Gasteiger partial charge >= 0.3 is 5.69 Å². The number of aliphatic hydroxyl groups is 2. The number of aromatic nitrogens is 2. The van der Waals surface area contributed by atoms with Crippen LogP contribution in [0.15, 0.2) is 11.0 Å². The van der Waals surface area contributed by atoms with Crippen LogP contribution in [0.3, 0.4) is 0 Å². The minimum absolute atomic E-state index is 0.102. The molecule has 1 aliphatic heterocycles. The maximum absolute atomic E-state index is 12.0. The summed E-state index contributed by atoms with van der Waals surface area (Å²) in [6, 6.07) is 0. The van der Waals surface area contributed by atoms with Gasteiger partial charge in [-0.3, -0.25) is 4.57 Å². The molecule has 0 radical (unpaired) electrons. The predicted molar refractivity (Wildman–Crippen MR) is 77.1 cm³/mol. The van der Waals surface area contributed by atoms with Crippen LogP contribution in [0.4, 0.5) is 5.82 Å². The van der Waals surface area contributed by atoms with Crippen LogP contribution in [0.5, 0.6) is 0 Å². The van der Waals surface area contributed by atoms with Gasteiger partial charge in [-0.05, 0) is 13.8 Å². The van der Waals surface area contributed by atoms with Crippen molar-refractivity contribution in [1.29, 1.82) is 0 Å². The second-order valence-electron chi connectivity index (χ2n) is 5.20. The molecule has 23 heavy (non-hydrogen) atoms. The fourth-order valence-electron chi connectivity index (χ4n) is 2.14. The molecular weight excluding hydrogens is 310 g/mol. The van der Waals surface area contributed by atoms with Crippen LogP contribution in [-0.2, 0) is 19.2 Å². The lowest BCUT2D eigenvalue weighted by Gasteiger charge is -2.22. The quantitative estimate of drug-likeness (QED) is 0.329. The smallest absolute Gasteiger partial charge is 0.351 e. The molecule has 1 aromatic heterocycles. The molecule has 1 aromatic rings. The second-order valence-corrected chi connectivity index (χ2v) is 5.20. The molecule has 10 nitrogen and oxygen atoms in total. The van der Waals surface area contributed by atoms with Crippen LogP contribution in [0.25, 0.3) is 0 Å². The molecular formula is C13H21N3O7. The monoisotopic (exact) mass is 331 g/mol. The van der Waals surface area contributed by atoms with Gasteiger partial charge in [-0.25, -0.2) is 14.6 Å². The predicted octanol–water partition coefficient (Wildman–Crippen LogP) is -1.31. The number of ether oxygens (including phenoxy) is 2. The molecule has 0 aliphatic carbocycles. The Morgan fingerprint density at radius 3 is 2.87 bits per heavy atom. The molecule has 130 valence electrons. The summed E-state index contributed by atoms with van der Waals surface area (Å²) < 4.78 is 11.5. The Bertz CT molecular complexity index is 593. The van der Waals surface area contributed by atoms with Crippen molar-refractivity contribution >= 4 is 5.82 Å². The van der Waals surface area contributed by atoms with Crippen molar-refractivity contribution in [3.63, 3.8) is 0 Å². The number of nitrogens with zero attached hydrogens (tertiary/aromatic N) is 2. The summed E-state index contributed by atoms with van der Waals surface area (Å²) in [4.78, 5) is 25.9. The van der Waals surface area contributed by atoms with E-state index in [1.165, 1.54) is 13.3 Å². The summed E-state index contributed by atoms with van der Waals surface area (Å²) >= 11 is 0. The van der Waals surface area contributed by atoms with Crippen molar-refractivity contribution in [3.05, 3.63) is 22.2 Å². The highest BCUT2D eigenvalue weighted by Gasteiger charge is 2.47. The SMILES string of the molecule is COC(C)OO[C@@H]1[C@H](O)[C@@H](CO)O[C@H]1n1cc(C)c(N)nc1=O. The summed E-state index contributed by atoms with van der Waals surface area (Å²) in [6.45, 7) is 2.81. The zero-order chi connectivity index (χ0) is 17.1. The lowest BCUT2D eigenvalue weighted by molar-refractivity contribution is -0.403. The first-order valence-corrected chi connectivity index (χ1v) is 7.03. The number of nitrogen functional groups attached to an aromatic ring is 1. The average molecular weight is 331 g/mol. The molecule has 1 saturated heterocycles.